The Morgan fingerprint density at radius 3 is 2.53 bits per heavy atom. The molecule has 1 unspecified atom stereocenters. The molecule has 32 heavy (non-hydrogen) atoms. The molecule has 2 heterocycles. The van der Waals surface area contributed by atoms with Gasteiger partial charge in [0.25, 0.3) is 0 Å². The average Bonchev–Trinajstić information content (AvgIpc) is 3.35. The van der Waals surface area contributed by atoms with E-state index in [1.807, 2.05) is 55.5 Å². The van der Waals surface area contributed by atoms with Gasteiger partial charge in [0.1, 0.15) is 18.2 Å². The van der Waals surface area contributed by atoms with E-state index >= 15 is 0 Å². The molecule has 0 bridgehead atoms. The first-order valence-electron chi connectivity index (χ1n) is 15.1. The summed E-state index contributed by atoms with van der Waals surface area (Å²) < 4.78 is 81.4. The fourth-order valence-corrected chi connectivity index (χ4v) is 5.14. The summed E-state index contributed by atoms with van der Waals surface area (Å²) in [5.74, 6) is 0. The number of fused-ring (bicyclic) bond motifs is 6. The molecule has 0 amide bonds. The highest BCUT2D eigenvalue weighted by molar-refractivity contribution is 6.11. The minimum atomic E-state index is -2.64. The molecule has 5 aromatic rings. The van der Waals surface area contributed by atoms with E-state index in [0.29, 0.717) is 28.0 Å². The molecule has 0 N–H and O–H groups in total. The summed E-state index contributed by atoms with van der Waals surface area (Å²) in [6.45, 7) is -3.90. The van der Waals surface area contributed by atoms with Crippen molar-refractivity contribution >= 4 is 21.9 Å². The third kappa shape index (κ3) is 2.44. The summed E-state index contributed by atoms with van der Waals surface area (Å²) in [5.41, 5.74) is 4.49. The third-order valence-corrected chi connectivity index (χ3v) is 6.81. The van der Waals surface area contributed by atoms with E-state index < -0.39 is 26.0 Å². The van der Waals surface area contributed by atoms with Gasteiger partial charge in [-0.25, -0.2) is 4.57 Å². The third-order valence-electron chi connectivity index (χ3n) is 6.81. The van der Waals surface area contributed by atoms with Crippen LogP contribution in [0, 0.1) is 20.6 Å². The Kier molecular flexibility index (Phi) is 2.37. The highest BCUT2D eigenvalue weighted by atomic mass is 16.3. The lowest BCUT2D eigenvalue weighted by Crippen LogP contribution is -2.31. The summed E-state index contributed by atoms with van der Waals surface area (Å²) in [5, 5.41) is 1.50. The molecule has 0 aliphatic heterocycles. The molecule has 6 rings (SSSR count). The normalized spacial score (nSPS) is 22.5. The Bertz CT molecular complexity index is 1890. The molecule has 3 aromatic carbocycles. The highest BCUT2D eigenvalue weighted by Gasteiger charge is 2.36. The topological polar surface area (TPSA) is 17.0 Å². The van der Waals surface area contributed by atoms with Crippen molar-refractivity contribution in [2.75, 3.05) is 0 Å². The van der Waals surface area contributed by atoms with Gasteiger partial charge in [-0.2, -0.15) is 0 Å². The van der Waals surface area contributed by atoms with E-state index in [0.717, 1.165) is 33.0 Å². The Balaban J connectivity index is 1.67. The Morgan fingerprint density at radius 1 is 0.875 bits per heavy atom. The van der Waals surface area contributed by atoms with Crippen LogP contribution in [0.15, 0.2) is 65.2 Å². The lowest BCUT2D eigenvalue weighted by atomic mass is 9.82. The van der Waals surface area contributed by atoms with E-state index in [-0.39, 0.29) is 11.1 Å². The molecule has 2 heteroatoms. The fraction of sp³-hybridized carbons (Fsp3) is 0.233. The molecule has 2 nitrogen and oxygen atoms in total. The molecular weight excluding hydrogens is 390 g/mol. The maximum absolute atomic E-state index is 8.47. The summed E-state index contributed by atoms with van der Waals surface area (Å²) in [4.78, 5) is 0. The first-order chi connectivity index (χ1) is 18.9. The summed E-state index contributed by atoms with van der Waals surface area (Å²) >= 11 is 0. The molecule has 1 aliphatic carbocycles. The zero-order valence-corrected chi connectivity index (χ0v) is 18.1. The molecule has 0 spiro atoms. The number of hydrogen-bond donors (Lipinski definition) is 0. The quantitative estimate of drug-likeness (QED) is 0.256. The summed E-state index contributed by atoms with van der Waals surface area (Å²) in [6.07, 6.45) is 1.36. The number of aromatic nitrogens is 1. The second kappa shape index (κ2) is 6.32. The molecule has 1 atom stereocenters. The predicted octanol–water partition coefficient (Wildman–Crippen LogP) is 7.31. The van der Waals surface area contributed by atoms with Crippen molar-refractivity contribution in [1.29, 1.82) is 0 Å². The number of nitrogens with zero attached hydrogens (tertiary/aromatic N) is 1. The molecule has 158 valence electrons. The SMILES string of the molecule is [2H]C([2H])([2H])c1cc(-c2c(C)ccc3c2oc2cc4c(cc23)C(C)(C([2H])([2H])[2H])c2ccccc2-4)[n+](C)cc1C([2H])([2H])[2H]. The lowest BCUT2D eigenvalue weighted by molar-refractivity contribution is -0.660. The van der Waals surface area contributed by atoms with Crippen molar-refractivity contribution in [1.82, 2.24) is 0 Å². The van der Waals surface area contributed by atoms with Gasteiger partial charge in [-0.1, -0.05) is 50.2 Å². The van der Waals surface area contributed by atoms with Gasteiger partial charge in [0, 0.05) is 40.2 Å². The van der Waals surface area contributed by atoms with Crippen LogP contribution in [-0.2, 0) is 12.5 Å². The number of aryl methyl sites for hydroxylation is 4. The molecular formula is C30H28NO+. The van der Waals surface area contributed by atoms with Gasteiger partial charge in [-0.05, 0) is 66.1 Å². The van der Waals surface area contributed by atoms with Crippen LogP contribution < -0.4 is 4.57 Å². The van der Waals surface area contributed by atoms with Gasteiger partial charge in [-0.3, -0.25) is 0 Å². The van der Waals surface area contributed by atoms with Crippen LogP contribution in [0.1, 0.15) is 53.9 Å². The van der Waals surface area contributed by atoms with Crippen molar-refractivity contribution in [2.45, 2.75) is 39.8 Å². The van der Waals surface area contributed by atoms with E-state index in [1.165, 1.54) is 12.3 Å². The van der Waals surface area contributed by atoms with Gasteiger partial charge in [-0.15, -0.1) is 0 Å². The number of benzene rings is 3. The molecule has 0 radical (unpaired) electrons. The molecule has 2 aromatic heterocycles. The second-order valence-corrected chi connectivity index (χ2v) is 8.90. The summed E-state index contributed by atoms with van der Waals surface area (Å²) in [7, 11) is 1.68. The minimum Gasteiger partial charge on any atom is -0.455 e. The Morgan fingerprint density at radius 2 is 1.72 bits per heavy atom. The number of furan rings is 1. The standard InChI is InChI=1S/C30H28NO/c1-17-11-12-21-23-14-25-22(20-9-7-8-10-24(20)30(25,4)5)15-27(23)32-29(21)28(17)26-13-18(2)19(3)16-31(26)6/h7-16H,1-6H3/q+1/i2D3,3D3,4D3. The van der Waals surface area contributed by atoms with E-state index in [2.05, 4.69) is 0 Å². The number of hydrogen-bond acceptors (Lipinski definition) is 1. The zero-order chi connectivity index (χ0) is 29.9. The monoisotopic (exact) mass is 427 g/mol. The van der Waals surface area contributed by atoms with E-state index in [9.17, 15) is 0 Å². The number of pyridine rings is 1. The van der Waals surface area contributed by atoms with Gasteiger partial charge < -0.3 is 4.42 Å². The maximum Gasteiger partial charge on any atom is 0.216 e. The number of rotatable bonds is 1. The van der Waals surface area contributed by atoms with Crippen LogP contribution in [0.2, 0.25) is 0 Å². The van der Waals surface area contributed by atoms with Crippen molar-refractivity contribution in [3.05, 3.63) is 88.6 Å². The Hall–Kier alpha value is -3.39. The molecule has 0 saturated heterocycles. The van der Waals surface area contributed by atoms with Crippen LogP contribution in [-0.4, -0.2) is 0 Å². The largest absolute Gasteiger partial charge is 0.455 e. The minimum absolute atomic E-state index is 0.225. The van der Waals surface area contributed by atoms with Gasteiger partial charge in [0.05, 0.1) is 5.56 Å². The first kappa shape index (κ1) is 12.0. The van der Waals surface area contributed by atoms with Crippen LogP contribution in [0.4, 0.5) is 0 Å². The predicted molar refractivity (Wildman–Crippen MR) is 132 cm³/mol. The molecule has 1 aliphatic rings. The smallest absolute Gasteiger partial charge is 0.216 e. The lowest BCUT2D eigenvalue weighted by Gasteiger charge is -2.21. The van der Waals surface area contributed by atoms with Crippen molar-refractivity contribution in [3.8, 4) is 22.4 Å². The van der Waals surface area contributed by atoms with Crippen LogP contribution in [0.25, 0.3) is 44.3 Å². The van der Waals surface area contributed by atoms with Crippen LogP contribution in [0.5, 0.6) is 0 Å². The zero-order valence-electron chi connectivity index (χ0n) is 27.1. The van der Waals surface area contributed by atoms with Crippen LogP contribution in [0.3, 0.4) is 0 Å². The molecule has 0 fully saturated rings. The van der Waals surface area contributed by atoms with E-state index in [1.54, 1.807) is 18.5 Å². The van der Waals surface area contributed by atoms with Gasteiger partial charge >= 0.3 is 0 Å². The van der Waals surface area contributed by atoms with Gasteiger partial charge in [0.2, 0.25) is 5.69 Å². The van der Waals surface area contributed by atoms with Crippen LogP contribution >= 0.6 is 0 Å². The van der Waals surface area contributed by atoms with Crippen molar-refractivity contribution in [3.63, 3.8) is 0 Å². The maximum atomic E-state index is 8.47. The van der Waals surface area contributed by atoms with Crippen molar-refractivity contribution in [2.24, 2.45) is 7.05 Å². The Labute approximate surface area is 201 Å². The van der Waals surface area contributed by atoms with Gasteiger partial charge in [0.15, 0.2) is 6.20 Å². The first-order valence-corrected chi connectivity index (χ1v) is 10.6. The summed E-state index contributed by atoms with van der Waals surface area (Å²) in [6, 6.07) is 16.6. The fourth-order valence-electron chi connectivity index (χ4n) is 5.14. The van der Waals surface area contributed by atoms with E-state index in [4.69, 9.17) is 16.8 Å². The van der Waals surface area contributed by atoms with Crippen molar-refractivity contribution < 1.29 is 21.3 Å². The molecule has 0 saturated carbocycles. The average molecular weight is 428 g/mol. The highest BCUT2D eigenvalue weighted by Crippen LogP contribution is 2.51. The second-order valence-electron chi connectivity index (χ2n) is 8.90.